The number of rotatable bonds is 7. The van der Waals surface area contributed by atoms with Gasteiger partial charge in [-0.15, -0.1) is 0 Å². The van der Waals surface area contributed by atoms with E-state index in [1.807, 2.05) is 12.1 Å². The molecule has 0 amide bonds. The summed E-state index contributed by atoms with van der Waals surface area (Å²) in [5.41, 5.74) is 1.44. The summed E-state index contributed by atoms with van der Waals surface area (Å²) in [6.07, 6.45) is 4.87. The first-order valence-electron chi connectivity index (χ1n) is 8.69. The van der Waals surface area contributed by atoms with Crippen LogP contribution in [-0.4, -0.2) is 17.9 Å². The molecule has 0 aliphatic heterocycles. The standard InChI is InChI=1S/C21H21NO4/c1-2-3-4-11-25-18-8-5-16(19(23)13-18)14-22-17-7-9-20-15(12-17)6-10-21(24)26-20/h5-10,12-14,23H,2-4,11H2,1H3. The molecule has 0 atom stereocenters. The molecule has 5 heteroatoms. The van der Waals surface area contributed by atoms with Gasteiger partial charge in [-0.05, 0) is 42.8 Å². The quantitative estimate of drug-likeness (QED) is 0.376. The van der Waals surface area contributed by atoms with Crippen LogP contribution in [0.2, 0.25) is 0 Å². The van der Waals surface area contributed by atoms with Crippen molar-refractivity contribution in [3.05, 3.63) is 64.5 Å². The van der Waals surface area contributed by atoms with E-state index in [4.69, 9.17) is 9.15 Å². The van der Waals surface area contributed by atoms with E-state index in [2.05, 4.69) is 11.9 Å². The summed E-state index contributed by atoms with van der Waals surface area (Å²) in [7, 11) is 0. The third-order valence-corrected chi connectivity index (χ3v) is 3.97. The lowest BCUT2D eigenvalue weighted by molar-refractivity contribution is 0.304. The molecule has 1 heterocycles. The zero-order valence-corrected chi connectivity index (χ0v) is 14.6. The first kappa shape index (κ1) is 17.7. The Bertz CT molecular complexity index is 975. The van der Waals surface area contributed by atoms with Crippen molar-refractivity contribution in [2.75, 3.05) is 6.61 Å². The lowest BCUT2D eigenvalue weighted by atomic mass is 10.2. The Morgan fingerprint density at radius 3 is 2.81 bits per heavy atom. The highest BCUT2D eigenvalue weighted by Gasteiger charge is 2.03. The molecule has 1 N–H and O–H groups in total. The summed E-state index contributed by atoms with van der Waals surface area (Å²) in [4.78, 5) is 15.6. The summed E-state index contributed by atoms with van der Waals surface area (Å²) in [6.45, 7) is 2.79. The first-order valence-corrected chi connectivity index (χ1v) is 8.69. The van der Waals surface area contributed by atoms with Gasteiger partial charge in [0, 0.05) is 29.3 Å². The molecule has 0 spiro atoms. The van der Waals surface area contributed by atoms with Gasteiger partial charge in [0.05, 0.1) is 12.3 Å². The Morgan fingerprint density at radius 1 is 1.12 bits per heavy atom. The minimum absolute atomic E-state index is 0.119. The monoisotopic (exact) mass is 351 g/mol. The Balaban J connectivity index is 1.71. The second-order valence-corrected chi connectivity index (χ2v) is 6.01. The summed E-state index contributed by atoms with van der Waals surface area (Å²) in [5.74, 6) is 0.769. The maximum atomic E-state index is 11.2. The number of nitrogens with zero attached hydrogens (tertiary/aromatic N) is 1. The number of aromatic hydroxyl groups is 1. The topological polar surface area (TPSA) is 72.0 Å². The largest absolute Gasteiger partial charge is 0.507 e. The summed E-state index contributed by atoms with van der Waals surface area (Å²) < 4.78 is 10.7. The van der Waals surface area contributed by atoms with E-state index in [-0.39, 0.29) is 11.4 Å². The number of hydrogen-bond donors (Lipinski definition) is 1. The number of phenolic OH excluding ortho intramolecular Hbond substituents is 1. The minimum Gasteiger partial charge on any atom is -0.507 e. The zero-order valence-electron chi connectivity index (χ0n) is 14.6. The van der Waals surface area contributed by atoms with Crippen molar-refractivity contribution in [1.29, 1.82) is 0 Å². The molecule has 3 aromatic rings. The predicted molar refractivity (Wildman–Crippen MR) is 103 cm³/mol. The number of hydrogen-bond acceptors (Lipinski definition) is 5. The molecule has 5 nitrogen and oxygen atoms in total. The average molecular weight is 351 g/mol. The van der Waals surface area contributed by atoms with Gasteiger partial charge in [-0.1, -0.05) is 19.8 Å². The first-order chi connectivity index (χ1) is 12.7. The van der Waals surface area contributed by atoms with Crippen LogP contribution in [0.25, 0.3) is 11.0 Å². The number of fused-ring (bicyclic) bond motifs is 1. The second-order valence-electron chi connectivity index (χ2n) is 6.01. The number of unbranched alkanes of at least 4 members (excludes halogenated alkanes) is 2. The van der Waals surface area contributed by atoms with Crippen LogP contribution in [0.5, 0.6) is 11.5 Å². The fourth-order valence-corrected chi connectivity index (χ4v) is 2.55. The van der Waals surface area contributed by atoms with E-state index in [0.29, 0.717) is 29.2 Å². The molecular formula is C21H21NO4. The van der Waals surface area contributed by atoms with E-state index in [0.717, 1.165) is 24.6 Å². The Morgan fingerprint density at radius 2 is 2.00 bits per heavy atom. The Labute approximate surface area is 151 Å². The van der Waals surface area contributed by atoms with E-state index >= 15 is 0 Å². The molecule has 0 unspecified atom stereocenters. The van der Waals surface area contributed by atoms with Crippen LogP contribution in [0.3, 0.4) is 0 Å². The molecule has 0 radical (unpaired) electrons. The van der Waals surface area contributed by atoms with Gasteiger partial charge in [0.1, 0.15) is 17.1 Å². The number of benzene rings is 2. The van der Waals surface area contributed by atoms with Crippen molar-refractivity contribution in [1.82, 2.24) is 0 Å². The van der Waals surface area contributed by atoms with Crippen LogP contribution in [0.15, 0.2) is 62.7 Å². The van der Waals surface area contributed by atoms with Crippen LogP contribution < -0.4 is 10.4 Å². The lowest BCUT2D eigenvalue weighted by Gasteiger charge is -2.07. The molecule has 0 fully saturated rings. The number of aliphatic imine (C=N–C) groups is 1. The third-order valence-electron chi connectivity index (χ3n) is 3.97. The van der Waals surface area contributed by atoms with E-state index in [1.54, 1.807) is 36.5 Å². The molecule has 134 valence electrons. The molecule has 26 heavy (non-hydrogen) atoms. The van der Waals surface area contributed by atoms with Crippen LogP contribution >= 0.6 is 0 Å². The molecule has 0 saturated heterocycles. The van der Waals surface area contributed by atoms with Gasteiger partial charge in [-0.2, -0.15) is 0 Å². The molecule has 0 saturated carbocycles. The van der Waals surface area contributed by atoms with Gasteiger partial charge in [-0.3, -0.25) is 4.99 Å². The van der Waals surface area contributed by atoms with Gasteiger partial charge >= 0.3 is 5.63 Å². The van der Waals surface area contributed by atoms with Gasteiger partial charge in [0.2, 0.25) is 0 Å². The van der Waals surface area contributed by atoms with Gasteiger partial charge < -0.3 is 14.3 Å². The number of phenols is 1. The SMILES string of the molecule is CCCCCOc1ccc(C=Nc2ccc3oc(=O)ccc3c2)c(O)c1. The van der Waals surface area contributed by atoms with Gasteiger partial charge in [0.15, 0.2) is 0 Å². The van der Waals surface area contributed by atoms with Crippen LogP contribution in [-0.2, 0) is 0 Å². The van der Waals surface area contributed by atoms with E-state index in [9.17, 15) is 9.90 Å². The Hall–Kier alpha value is -3.08. The lowest BCUT2D eigenvalue weighted by Crippen LogP contribution is -1.97. The molecule has 0 bridgehead atoms. The summed E-state index contributed by atoms with van der Waals surface area (Å²) in [6, 6.07) is 13.5. The highest BCUT2D eigenvalue weighted by Crippen LogP contribution is 2.24. The molecule has 3 rings (SSSR count). The van der Waals surface area contributed by atoms with Crippen molar-refractivity contribution in [2.45, 2.75) is 26.2 Å². The number of ether oxygens (including phenoxy) is 1. The highest BCUT2D eigenvalue weighted by atomic mass is 16.5. The van der Waals surface area contributed by atoms with Crippen molar-refractivity contribution in [3.8, 4) is 11.5 Å². The maximum absolute atomic E-state index is 11.2. The second kappa shape index (κ2) is 8.34. The Kier molecular flexibility index (Phi) is 5.69. The fourth-order valence-electron chi connectivity index (χ4n) is 2.55. The minimum atomic E-state index is -0.379. The smallest absolute Gasteiger partial charge is 0.336 e. The van der Waals surface area contributed by atoms with E-state index in [1.165, 1.54) is 6.07 Å². The van der Waals surface area contributed by atoms with Crippen molar-refractivity contribution in [3.63, 3.8) is 0 Å². The molecule has 0 aliphatic rings. The molecular weight excluding hydrogens is 330 g/mol. The van der Waals surface area contributed by atoms with Crippen molar-refractivity contribution in [2.24, 2.45) is 4.99 Å². The zero-order chi connectivity index (χ0) is 18.4. The molecule has 0 aliphatic carbocycles. The van der Waals surface area contributed by atoms with Gasteiger partial charge in [0.25, 0.3) is 0 Å². The maximum Gasteiger partial charge on any atom is 0.336 e. The highest BCUT2D eigenvalue weighted by molar-refractivity contribution is 5.87. The summed E-state index contributed by atoms with van der Waals surface area (Å²) in [5, 5.41) is 10.9. The van der Waals surface area contributed by atoms with Crippen LogP contribution in [0.1, 0.15) is 31.7 Å². The summed E-state index contributed by atoms with van der Waals surface area (Å²) >= 11 is 0. The third kappa shape index (κ3) is 4.51. The normalized spacial score (nSPS) is 11.3. The van der Waals surface area contributed by atoms with E-state index < -0.39 is 0 Å². The van der Waals surface area contributed by atoms with Crippen LogP contribution in [0, 0.1) is 0 Å². The predicted octanol–water partition coefficient (Wildman–Crippen LogP) is 4.82. The van der Waals surface area contributed by atoms with Gasteiger partial charge in [-0.25, -0.2) is 4.79 Å². The average Bonchev–Trinajstić information content (AvgIpc) is 2.64. The van der Waals surface area contributed by atoms with Crippen LogP contribution in [0.4, 0.5) is 5.69 Å². The van der Waals surface area contributed by atoms with Crippen molar-refractivity contribution < 1.29 is 14.3 Å². The molecule has 1 aromatic heterocycles. The molecule has 2 aromatic carbocycles. The fraction of sp³-hybridized carbons (Fsp3) is 0.238. The van der Waals surface area contributed by atoms with Crippen molar-refractivity contribution >= 4 is 22.9 Å².